The van der Waals surface area contributed by atoms with E-state index in [0.717, 1.165) is 11.1 Å². The van der Waals surface area contributed by atoms with Crippen molar-refractivity contribution in [3.63, 3.8) is 0 Å². The number of nitrogens with one attached hydrogen (secondary N) is 1. The summed E-state index contributed by atoms with van der Waals surface area (Å²) >= 11 is 0. The predicted molar refractivity (Wildman–Crippen MR) is 96.4 cm³/mol. The van der Waals surface area contributed by atoms with E-state index in [1.165, 1.54) is 0 Å². The monoisotopic (exact) mass is 366 g/mol. The fraction of sp³-hybridized carbons (Fsp3) is 0.158. The minimum Gasteiger partial charge on any atom is -0.449 e. The Labute approximate surface area is 155 Å². The van der Waals surface area contributed by atoms with E-state index in [9.17, 15) is 9.59 Å². The molecule has 2 amide bonds. The zero-order chi connectivity index (χ0) is 19.2. The highest BCUT2D eigenvalue weighted by molar-refractivity contribution is 5.89. The van der Waals surface area contributed by atoms with E-state index >= 15 is 0 Å². The van der Waals surface area contributed by atoms with Gasteiger partial charge in [0.05, 0.1) is 5.56 Å². The molecular formula is C19H18N4O4. The van der Waals surface area contributed by atoms with Gasteiger partial charge < -0.3 is 20.2 Å². The maximum absolute atomic E-state index is 12.3. The topological polar surface area (TPSA) is 120 Å². The van der Waals surface area contributed by atoms with Crippen molar-refractivity contribution in [1.82, 2.24) is 15.5 Å². The SMILES string of the molecule is CC(OC(=O)c1ccc(CNC(N)=O)cc1)c1nnc(-c2ccccc2)o1. The van der Waals surface area contributed by atoms with Crippen LogP contribution in [0.3, 0.4) is 0 Å². The van der Waals surface area contributed by atoms with Gasteiger partial charge in [-0.2, -0.15) is 0 Å². The first-order chi connectivity index (χ1) is 13.0. The standard InChI is InChI=1S/C19H18N4O4/c1-12(16-22-23-17(27-16)14-5-3-2-4-6-14)26-18(24)15-9-7-13(8-10-15)11-21-19(20)25/h2-10,12H,11H2,1H3,(H3,20,21,25). The van der Waals surface area contributed by atoms with Crippen LogP contribution in [0.4, 0.5) is 4.79 Å². The Morgan fingerprint density at radius 3 is 2.48 bits per heavy atom. The Bertz CT molecular complexity index is 922. The number of benzene rings is 2. The van der Waals surface area contributed by atoms with Gasteiger partial charge in [0, 0.05) is 12.1 Å². The summed E-state index contributed by atoms with van der Waals surface area (Å²) in [5.41, 5.74) is 6.99. The molecule has 8 nitrogen and oxygen atoms in total. The summed E-state index contributed by atoms with van der Waals surface area (Å²) in [6.07, 6.45) is -0.696. The lowest BCUT2D eigenvalue weighted by Gasteiger charge is -2.10. The molecule has 0 fully saturated rings. The molecule has 1 unspecified atom stereocenters. The van der Waals surface area contributed by atoms with Crippen molar-refractivity contribution in [3.8, 4) is 11.5 Å². The van der Waals surface area contributed by atoms with Crippen LogP contribution >= 0.6 is 0 Å². The third-order valence-corrected chi connectivity index (χ3v) is 3.75. The molecule has 0 saturated heterocycles. The van der Waals surface area contributed by atoms with Crippen molar-refractivity contribution >= 4 is 12.0 Å². The van der Waals surface area contributed by atoms with Gasteiger partial charge in [-0.3, -0.25) is 0 Å². The van der Waals surface area contributed by atoms with Crippen molar-refractivity contribution in [2.45, 2.75) is 19.6 Å². The van der Waals surface area contributed by atoms with Crippen LogP contribution in [-0.4, -0.2) is 22.2 Å². The Balaban J connectivity index is 1.62. The maximum atomic E-state index is 12.3. The number of carbonyl (C=O) groups excluding carboxylic acids is 2. The molecule has 0 aliphatic carbocycles. The number of nitrogens with zero attached hydrogens (tertiary/aromatic N) is 2. The van der Waals surface area contributed by atoms with Crippen LogP contribution in [0.5, 0.6) is 0 Å². The zero-order valence-electron chi connectivity index (χ0n) is 14.6. The summed E-state index contributed by atoms with van der Waals surface area (Å²) in [6, 6.07) is 15.3. The lowest BCUT2D eigenvalue weighted by atomic mass is 10.1. The summed E-state index contributed by atoms with van der Waals surface area (Å²) in [5.74, 6) is 0.0562. The largest absolute Gasteiger partial charge is 0.449 e. The molecule has 0 saturated carbocycles. The van der Waals surface area contributed by atoms with Gasteiger partial charge in [0.2, 0.25) is 5.89 Å². The van der Waals surface area contributed by atoms with Gasteiger partial charge in [-0.25, -0.2) is 9.59 Å². The number of aromatic nitrogens is 2. The molecule has 0 aliphatic rings. The fourth-order valence-corrected chi connectivity index (χ4v) is 2.32. The van der Waals surface area contributed by atoms with Crippen molar-refractivity contribution in [2.75, 3.05) is 0 Å². The minimum absolute atomic E-state index is 0.212. The van der Waals surface area contributed by atoms with Crippen molar-refractivity contribution in [1.29, 1.82) is 0 Å². The smallest absolute Gasteiger partial charge is 0.338 e. The highest BCUT2D eigenvalue weighted by Gasteiger charge is 2.20. The zero-order valence-corrected chi connectivity index (χ0v) is 14.6. The average molecular weight is 366 g/mol. The van der Waals surface area contributed by atoms with E-state index < -0.39 is 18.1 Å². The molecule has 27 heavy (non-hydrogen) atoms. The molecule has 1 heterocycles. The minimum atomic E-state index is -0.696. The molecule has 8 heteroatoms. The summed E-state index contributed by atoms with van der Waals surface area (Å²) in [7, 11) is 0. The molecular weight excluding hydrogens is 348 g/mol. The van der Waals surface area contributed by atoms with Crippen LogP contribution in [0.1, 0.15) is 34.8 Å². The van der Waals surface area contributed by atoms with Crippen molar-refractivity contribution in [2.24, 2.45) is 5.73 Å². The number of amides is 2. The molecule has 0 bridgehead atoms. The lowest BCUT2D eigenvalue weighted by Crippen LogP contribution is -2.28. The lowest BCUT2D eigenvalue weighted by molar-refractivity contribution is 0.0280. The average Bonchev–Trinajstić information content (AvgIpc) is 3.18. The number of hydrogen-bond acceptors (Lipinski definition) is 6. The fourth-order valence-electron chi connectivity index (χ4n) is 2.32. The number of carbonyl (C=O) groups is 2. The number of nitrogens with two attached hydrogens (primary N) is 1. The Hall–Kier alpha value is -3.68. The highest BCUT2D eigenvalue weighted by atomic mass is 16.6. The first-order valence-corrected chi connectivity index (χ1v) is 8.25. The second-order valence-corrected chi connectivity index (χ2v) is 5.77. The molecule has 0 radical (unpaired) electrons. The maximum Gasteiger partial charge on any atom is 0.338 e. The van der Waals surface area contributed by atoms with Gasteiger partial charge in [-0.15, -0.1) is 10.2 Å². The normalized spacial score (nSPS) is 11.6. The van der Waals surface area contributed by atoms with E-state index in [2.05, 4.69) is 15.5 Å². The van der Waals surface area contributed by atoms with Crippen LogP contribution in [0.2, 0.25) is 0 Å². The van der Waals surface area contributed by atoms with E-state index in [4.69, 9.17) is 14.9 Å². The van der Waals surface area contributed by atoms with E-state index in [1.807, 2.05) is 30.3 Å². The number of urea groups is 1. The van der Waals surface area contributed by atoms with Crippen LogP contribution in [0.25, 0.3) is 11.5 Å². The molecule has 3 N–H and O–H groups in total. The summed E-state index contributed by atoms with van der Waals surface area (Å²) in [4.78, 5) is 23.0. The quantitative estimate of drug-likeness (QED) is 0.647. The van der Waals surface area contributed by atoms with E-state index in [-0.39, 0.29) is 12.4 Å². The molecule has 2 aromatic carbocycles. The first-order valence-electron chi connectivity index (χ1n) is 8.25. The number of esters is 1. The molecule has 3 rings (SSSR count). The first kappa shape index (κ1) is 18.1. The van der Waals surface area contributed by atoms with Crippen LogP contribution in [0, 0.1) is 0 Å². The highest BCUT2D eigenvalue weighted by Crippen LogP contribution is 2.23. The second-order valence-electron chi connectivity index (χ2n) is 5.77. The third-order valence-electron chi connectivity index (χ3n) is 3.75. The Morgan fingerprint density at radius 2 is 1.81 bits per heavy atom. The molecule has 1 atom stereocenters. The number of ether oxygens (including phenoxy) is 1. The number of rotatable bonds is 6. The molecule has 0 spiro atoms. The summed E-state index contributed by atoms with van der Waals surface area (Å²) in [6.45, 7) is 1.94. The van der Waals surface area contributed by atoms with Gasteiger partial charge in [-0.05, 0) is 36.8 Å². The third kappa shape index (κ3) is 4.69. The van der Waals surface area contributed by atoms with Crippen molar-refractivity contribution in [3.05, 3.63) is 71.6 Å². The van der Waals surface area contributed by atoms with Crippen LogP contribution < -0.4 is 11.1 Å². The molecule has 3 aromatic rings. The van der Waals surface area contributed by atoms with E-state index in [0.29, 0.717) is 11.5 Å². The van der Waals surface area contributed by atoms with Gasteiger partial charge in [0.25, 0.3) is 5.89 Å². The molecule has 138 valence electrons. The van der Waals surface area contributed by atoms with Gasteiger partial charge >= 0.3 is 12.0 Å². The number of hydrogen-bond donors (Lipinski definition) is 2. The van der Waals surface area contributed by atoms with Gasteiger partial charge in [-0.1, -0.05) is 30.3 Å². The summed E-state index contributed by atoms with van der Waals surface area (Å²) in [5, 5.41) is 10.4. The second kappa shape index (κ2) is 8.13. The summed E-state index contributed by atoms with van der Waals surface area (Å²) < 4.78 is 11.0. The van der Waals surface area contributed by atoms with Crippen LogP contribution in [0.15, 0.2) is 59.0 Å². The Kier molecular flexibility index (Phi) is 5.46. The molecule has 1 aromatic heterocycles. The predicted octanol–water partition coefficient (Wildman–Crippen LogP) is 2.82. The Morgan fingerprint density at radius 1 is 1.11 bits per heavy atom. The number of primary amides is 1. The van der Waals surface area contributed by atoms with Gasteiger partial charge in [0.1, 0.15) is 0 Å². The van der Waals surface area contributed by atoms with Gasteiger partial charge in [0.15, 0.2) is 6.10 Å². The van der Waals surface area contributed by atoms with Crippen LogP contribution in [-0.2, 0) is 11.3 Å². The van der Waals surface area contributed by atoms with E-state index in [1.54, 1.807) is 31.2 Å². The van der Waals surface area contributed by atoms with Crippen molar-refractivity contribution < 1.29 is 18.7 Å². The molecule has 0 aliphatic heterocycles.